The number of hydrogen-bond donors (Lipinski definition) is 0. The molecule has 1 nitrogen and oxygen atoms in total. The summed E-state index contributed by atoms with van der Waals surface area (Å²) in [5.41, 5.74) is 0.895. The Morgan fingerprint density at radius 2 is 1.95 bits per heavy atom. The van der Waals surface area contributed by atoms with Gasteiger partial charge in [0.1, 0.15) is 11.6 Å². The van der Waals surface area contributed by atoms with Gasteiger partial charge in [-0.25, -0.2) is 8.78 Å². The second-order valence-electron chi connectivity index (χ2n) is 4.28. The molecule has 2 aromatic carbocycles. The standard InChI is InChI=1S/C15H11ClF2O/c1-9-5-6-10(7-13(9)17)14(19)8-11-3-2-4-12(16)15(11)18/h2-7H,8H2,1H3. The number of halogens is 3. The van der Waals surface area contributed by atoms with E-state index in [4.69, 9.17) is 11.6 Å². The average Bonchev–Trinajstić information content (AvgIpc) is 2.38. The third-order valence-corrected chi connectivity index (χ3v) is 3.17. The second kappa shape index (κ2) is 5.49. The van der Waals surface area contributed by atoms with Crippen molar-refractivity contribution >= 4 is 17.4 Å². The predicted molar refractivity (Wildman–Crippen MR) is 70.6 cm³/mol. The van der Waals surface area contributed by atoms with Crippen molar-refractivity contribution in [2.45, 2.75) is 13.3 Å². The van der Waals surface area contributed by atoms with Gasteiger partial charge in [0.25, 0.3) is 0 Å². The Morgan fingerprint density at radius 3 is 2.63 bits per heavy atom. The summed E-state index contributed by atoms with van der Waals surface area (Å²) in [5.74, 6) is -1.40. The van der Waals surface area contributed by atoms with Gasteiger partial charge in [-0.3, -0.25) is 4.79 Å². The fourth-order valence-electron chi connectivity index (χ4n) is 1.73. The van der Waals surface area contributed by atoms with E-state index >= 15 is 0 Å². The highest BCUT2D eigenvalue weighted by Crippen LogP contribution is 2.20. The molecule has 0 spiro atoms. The van der Waals surface area contributed by atoms with Gasteiger partial charge in [0.2, 0.25) is 0 Å². The first-order valence-electron chi connectivity index (χ1n) is 5.71. The molecule has 0 N–H and O–H groups in total. The summed E-state index contributed by atoms with van der Waals surface area (Å²) in [7, 11) is 0. The van der Waals surface area contributed by atoms with Crippen LogP contribution in [0.5, 0.6) is 0 Å². The van der Waals surface area contributed by atoms with E-state index in [2.05, 4.69) is 0 Å². The first-order chi connectivity index (χ1) is 8.99. The first kappa shape index (κ1) is 13.7. The molecule has 0 heterocycles. The van der Waals surface area contributed by atoms with Gasteiger partial charge < -0.3 is 0 Å². The SMILES string of the molecule is Cc1ccc(C(=O)Cc2cccc(Cl)c2F)cc1F. The number of hydrogen-bond acceptors (Lipinski definition) is 1. The molecule has 0 saturated carbocycles. The molecule has 0 atom stereocenters. The van der Waals surface area contributed by atoms with Crippen molar-refractivity contribution in [1.29, 1.82) is 0 Å². The molecule has 4 heteroatoms. The van der Waals surface area contributed by atoms with E-state index < -0.39 is 11.6 Å². The quantitative estimate of drug-likeness (QED) is 0.764. The van der Waals surface area contributed by atoms with Crippen LogP contribution in [0.4, 0.5) is 8.78 Å². The fourth-order valence-corrected chi connectivity index (χ4v) is 1.92. The van der Waals surface area contributed by atoms with Crippen LogP contribution in [0.1, 0.15) is 21.5 Å². The van der Waals surface area contributed by atoms with Gasteiger partial charge >= 0.3 is 0 Å². The highest BCUT2D eigenvalue weighted by Gasteiger charge is 2.13. The second-order valence-corrected chi connectivity index (χ2v) is 4.68. The minimum atomic E-state index is -0.606. The summed E-state index contributed by atoms with van der Waals surface area (Å²) in [4.78, 5) is 12.0. The number of rotatable bonds is 3. The topological polar surface area (TPSA) is 17.1 Å². The van der Waals surface area contributed by atoms with Crippen LogP contribution in [0.3, 0.4) is 0 Å². The van der Waals surface area contributed by atoms with Gasteiger partial charge in [0.15, 0.2) is 5.78 Å². The normalized spacial score (nSPS) is 10.5. The molecule has 0 radical (unpaired) electrons. The summed E-state index contributed by atoms with van der Waals surface area (Å²) in [6, 6.07) is 8.70. The minimum absolute atomic E-state index is 0.0274. The lowest BCUT2D eigenvalue weighted by Gasteiger charge is -2.05. The maximum Gasteiger partial charge on any atom is 0.167 e. The van der Waals surface area contributed by atoms with Gasteiger partial charge in [0, 0.05) is 12.0 Å². The lowest BCUT2D eigenvalue weighted by atomic mass is 10.0. The Balaban J connectivity index is 2.26. The van der Waals surface area contributed by atoms with Crippen LogP contribution in [0.25, 0.3) is 0 Å². The van der Waals surface area contributed by atoms with Gasteiger partial charge in [-0.1, -0.05) is 35.9 Å². The van der Waals surface area contributed by atoms with Crippen molar-refractivity contribution in [2.75, 3.05) is 0 Å². The average molecular weight is 281 g/mol. The number of benzene rings is 2. The number of carbonyl (C=O) groups excluding carboxylic acids is 1. The third-order valence-electron chi connectivity index (χ3n) is 2.88. The molecule has 0 saturated heterocycles. The molecule has 0 aliphatic carbocycles. The molecule has 0 aromatic heterocycles. The molecule has 0 bridgehead atoms. The predicted octanol–water partition coefficient (Wildman–Crippen LogP) is 4.35. The van der Waals surface area contributed by atoms with E-state index in [0.717, 1.165) is 0 Å². The highest BCUT2D eigenvalue weighted by molar-refractivity contribution is 6.30. The summed E-state index contributed by atoms with van der Waals surface area (Å²) < 4.78 is 27.0. The van der Waals surface area contributed by atoms with E-state index in [1.807, 2.05) is 0 Å². The number of aryl methyl sites for hydroxylation is 1. The van der Waals surface area contributed by atoms with Crippen LogP contribution in [-0.4, -0.2) is 5.78 Å². The fraction of sp³-hybridized carbons (Fsp3) is 0.133. The van der Waals surface area contributed by atoms with Crippen LogP contribution in [0.2, 0.25) is 5.02 Å². The largest absolute Gasteiger partial charge is 0.294 e. The van der Waals surface area contributed by atoms with Crippen LogP contribution < -0.4 is 0 Å². The van der Waals surface area contributed by atoms with Crippen molar-refractivity contribution in [3.05, 3.63) is 69.7 Å². The van der Waals surface area contributed by atoms with E-state index in [1.165, 1.54) is 30.3 Å². The first-order valence-corrected chi connectivity index (χ1v) is 6.09. The lowest BCUT2D eigenvalue weighted by molar-refractivity contribution is 0.0991. The minimum Gasteiger partial charge on any atom is -0.294 e. The highest BCUT2D eigenvalue weighted by atomic mass is 35.5. The number of ketones is 1. The Morgan fingerprint density at radius 1 is 1.21 bits per heavy atom. The number of carbonyl (C=O) groups is 1. The van der Waals surface area contributed by atoms with Crippen molar-refractivity contribution in [3.8, 4) is 0 Å². The molecule has 0 amide bonds. The maximum absolute atomic E-state index is 13.7. The zero-order valence-electron chi connectivity index (χ0n) is 10.2. The van der Waals surface area contributed by atoms with Crippen LogP contribution in [0, 0.1) is 18.6 Å². The monoisotopic (exact) mass is 280 g/mol. The maximum atomic E-state index is 13.7. The molecule has 0 aliphatic rings. The van der Waals surface area contributed by atoms with Gasteiger partial charge in [-0.2, -0.15) is 0 Å². The summed E-state index contributed by atoms with van der Waals surface area (Å²) in [5, 5.41) is -0.0274. The van der Waals surface area contributed by atoms with Gasteiger partial charge in [-0.15, -0.1) is 0 Å². The Hall–Kier alpha value is -1.74. The summed E-state index contributed by atoms with van der Waals surface area (Å²) in [6.07, 6.45) is -0.144. The Kier molecular flexibility index (Phi) is 3.96. The molecular weight excluding hydrogens is 270 g/mol. The molecule has 0 unspecified atom stereocenters. The summed E-state index contributed by atoms with van der Waals surface area (Å²) in [6.45, 7) is 1.61. The molecule has 2 rings (SSSR count). The van der Waals surface area contributed by atoms with E-state index in [0.29, 0.717) is 5.56 Å². The van der Waals surface area contributed by atoms with Crippen molar-refractivity contribution in [3.63, 3.8) is 0 Å². The van der Waals surface area contributed by atoms with Crippen molar-refractivity contribution in [1.82, 2.24) is 0 Å². The smallest absolute Gasteiger partial charge is 0.167 e. The Labute approximate surface area is 114 Å². The van der Waals surface area contributed by atoms with Gasteiger partial charge in [0.05, 0.1) is 5.02 Å². The molecule has 98 valence electrons. The van der Waals surface area contributed by atoms with Crippen molar-refractivity contribution in [2.24, 2.45) is 0 Å². The van der Waals surface area contributed by atoms with Crippen molar-refractivity contribution < 1.29 is 13.6 Å². The molecule has 19 heavy (non-hydrogen) atoms. The van der Waals surface area contributed by atoms with Crippen LogP contribution in [-0.2, 0) is 6.42 Å². The van der Waals surface area contributed by atoms with E-state index in [9.17, 15) is 13.6 Å². The molecule has 0 fully saturated rings. The summed E-state index contributed by atoms with van der Waals surface area (Å²) >= 11 is 5.64. The van der Waals surface area contributed by atoms with E-state index in [1.54, 1.807) is 13.0 Å². The lowest BCUT2D eigenvalue weighted by Crippen LogP contribution is -2.06. The van der Waals surface area contributed by atoms with Crippen LogP contribution >= 0.6 is 11.6 Å². The van der Waals surface area contributed by atoms with E-state index in [-0.39, 0.29) is 28.4 Å². The van der Waals surface area contributed by atoms with Gasteiger partial charge in [-0.05, 0) is 30.2 Å². The number of Topliss-reactive ketones (excluding diaryl/α,β-unsaturated/α-hetero) is 1. The molecule has 2 aromatic rings. The van der Waals surface area contributed by atoms with Crippen LogP contribution in [0.15, 0.2) is 36.4 Å². The molecule has 0 aliphatic heterocycles. The Bertz CT molecular complexity index is 638. The zero-order chi connectivity index (χ0) is 14.0. The third kappa shape index (κ3) is 2.99. The molecular formula is C15H11ClF2O. The zero-order valence-corrected chi connectivity index (χ0v) is 11.0.